The number of rotatable bonds is 5. The van der Waals surface area contributed by atoms with Crippen LogP contribution in [0.25, 0.3) is 0 Å². The molecule has 2 N–H and O–H groups in total. The topological polar surface area (TPSA) is 40.5 Å². The highest BCUT2D eigenvalue weighted by molar-refractivity contribution is 4.89. The van der Waals surface area contributed by atoms with Crippen LogP contribution in [-0.4, -0.2) is 22.9 Å². The fourth-order valence-corrected chi connectivity index (χ4v) is 3.10. The van der Waals surface area contributed by atoms with Crippen LogP contribution in [0.3, 0.4) is 0 Å². The molecule has 0 aliphatic heterocycles. The van der Waals surface area contributed by atoms with E-state index in [1.807, 2.05) is 6.92 Å². The van der Waals surface area contributed by atoms with Crippen LogP contribution in [0.5, 0.6) is 0 Å². The summed E-state index contributed by atoms with van der Waals surface area (Å²) in [5.74, 6) is 0.547. The van der Waals surface area contributed by atoms with E-state index in [1.165, 1.54) is 25.7 Å². The number of aliphatic hydroxyl groups is 2. The summed E-state index contributed by atoms with van der Waals surface area (Å²) in [5.41, 5.74) is 0.334. The molecule has 1 rings (SSSR count). The molecule has 96 valence electrons. The average molecular weight is 228 g/mol. The van der Waals surface area contributed by atoms with Gasteiger partial charge in [0.15, 0.2) is 0 Å². The zero-order valence-corrected chi connectivity index (χ0v) is 11.1. The average Bonchev–Trinajstić information content (AvgIpc) is 2.25. The van der Waals surface area contributed by atoms with Crippen molar-refractivity contribution in [2.75, 3.05) is 6.61 Å². The second-order valence-corrected chi connectivity index (χ2v) is 6.05. The highest BCUT2D eigenvalue weighted by atomic mass is 16.3. The molecule has 4 unspecified atom stereocenters. The van der Waals surface area contributed by atoms with Gasteiger partial charge in [0.05, 0.1) is 6.10 Å². The molecule has 1 aliphatic rings. The third-order valence-corrected chi connectivity index (χ3v) is 4.43. The first kappa shape index (κ1) is 14.0. The van der Waals surface area contributed by atoms with E-state index in [0.29, 0.717) is 11.3 Å². The quantitative estimate of drug-likeness (QED) is 0.759. The monoisotopic (exact) mass is 228 g/mol. The van der Waals surface area contributed by atoms with Crippen molar-refractivity contribution < 1.29 is 10.2 Å². The molecule has 16 heavy (non-hydrogen) atoms. The molecule has 0 spiro atoms. The molecule has 0 radical (unpaired) electrons. The normalized spacial score (nSPS) is 37.3. The minimum Gasteiger partial charge on any atom is -0.396 e. The van der Waals surface area contributed by atoms with Crippen LogP contribution < -0.4 is 0 Å². The van der Waals surface area contributed by atoms with E-state index in [1.54, 1.807) is 0 Å². The third kappa shape index (κ3) is 3.46. The van der Waals surface area contributed by atoms with Gasteiger partial charge in [-0.25, -0.2) is 0 Å². The summed E-state index contributed by atoms with van der Waals surface area (Å²) in [7, 11) is 0. The van der Waals surface area contributed by atoms with Crippen LogP contribution in [0.1, 0.15) is 59.3 Å². The van der Waals surface area contributed by atoms with Gasteiger partial charge in [0, 0.05) is 6.61 Å². The van der Waals surface area contributed by atoms with Gasteiger partial charge in [0.25, 0.3) is 0 Å². The summed E-state index contributed by atoms with van der Waals surface area (Å²) in [6.07, 6.45) is 6.73. The van der Waals surface area contributed by atoms with Crippen LogP contribution in [0, 0.1) is 17.3 Å². The van der Waals surface area contributed by atoms with Gasteiger partial charge in [-0.1, -0.05) is 33.6 Å². The van der Waals surface area contributed by atoms with Crippen LogP contribution >= 0.6 is 0 Å². The Hall–Kier alpha value is -0.0800. The van der Waals surface area contributed by atoms with Gasteiger partial charge in [-0.2, -0.15) is 0 Å². The van der Waals surface area contributed by atoms with Crippen LogP contribution in [-0.2, 0) is 0 Å². The van der Waals surface area contributed by atoms with Gasteiger partial charge in [-0.15, -0.1) is 0 Å². The van der Waals surface area contributed by atoms with Gasteiger partial charge in [0.2, 0.25) is 0 Å². The zero-order valence-electron chi connectivity index (χ0n) is 11.1. The fourth-order valence-electron chi connectivity index (χ4n) is 3.10. The molecule has 0 aromatic heterocycles. The summed E-state index contributed by atoms with van der Waals surface area (Å²) in [6.45, 7) is 6.78. The Balaban J connectivity index is 2.50. The minimum absolute atomic E-state index is 0.202. The lowest BCUT2D eigenvalue weighted by atomic mass is 9.65. The van der Waals surface area contributed by atoms with Crippen molar-refractivity contribution in [2.45, 2.75) is 65.4 Å². The van der Waals surface area contributed by atoms with E-state index in [0.717, 1.165) is 12.8 Å². The van der Waals surface area contributed by atoms with Crippen LogP contribution in [0.4, 0.5) is 0 Å². The molecule has 0 amide bonds. The van der Waals surface area contributed by atoms with E-state index in [9.17, 15) is 5.11 Å². The van der Waals surface area contributed by atoms with E-state index in [2.05, 4.69) is 13.8 Å². The molecular weight excluding hydrogens is 200 g/mol. The standard InChI is InChI=1S/C14H28O2/c1-4-5-7-14(3)8-6-12(11(2)10-15)13(16)9-14/h11-13,15-16H,4-10H2,1-3H3. The summed E-state index contributed by atoms with van der Waals surface area (Å²) in [5, 5.41) is 19.4. The van der Waals surface area contributed by atoms with Crippen molar-refractivity contribution in [3.63, 3.8) is 0 Å². The number of unbranched alkanes of at least 4 members (excludes halogenated alkanes) is 1. The molecule has 1 fully saturated rings. The highest BCUT2D eigenvalue weighted by Crippen LogP contribution is 2.44. The maximum Gasteiger partial charge on any atom is 0.0577 e. The Bertz CT molecular complexity index is 205. The van der Waals surface area contributed by atoms with E-state index in [-0.39, 0.29) is 18.6 Å². The smallest absolute Gasteiger partial charge is 0.0577 e. The van der Waals surface area contributed by atoms with E-state index >= 15 is 0 Å². The predicted octanol–water partition coefficient (Wildman–Crippen LogP) is 2.97. The largest absolute Gasteiger partial charge is 0.396 e. The fraction of sp³-hybridized carbons (Fsp3) is 1.00. The van der Waals surface area contributed by atoms with E-state index in [4.69, 9.17) is 5.11 Å². The molecule has 0 heterocycles. The number of hydrogen-bond acceptors (Lipinski definition) is 2. The first-order valence-electron chi connectivity index (χ1n) is 6.81. The van der Waals surface area contributed by atoms with Crippen LogP contribution in [0.2, 0.25) is 0 Å². The molecule has 1 aliphatic carbocycles. The lowest BCUT2D eigenvalue weighted by Crippen LogP contribution is -2.39. The third-order valence-electron chi connectivity index (χ3n) is 4.43. The molecule has 1 saturated carbocycles. The van der Waals surface area contributed by atoms with Crippen LogP contribution in [0.15, 0.2) is 0 Å². The van der Waals surface area contributed by atoms with Crippen molar-refractivity contribution in [3.8, 4) is 0 Å². The second kappa shape index (κ2) is 6.02. The van der Waals surface area contributed by atoms with Gasteiger partial charge in [-0.3, -0.25) is 0 Å². The SMILES string of the molecule is CCCCC1(C)CCC(C(C)CO)C(O)C1. The predicted molar refractivity (Wildman–Crippen MR) is 67.2 cm³/mol. The molecule has 0 saturated heterocycles. The summed E-state index contributed by atoms with van der Waals surface area (Å²) in [6, 6.07) is 0. The van der Waals surface area contributed by atoms with Gasteiger partial charge < -0.3 is 10.2 Å². The molecule has 0 bridgehead atoms. The van der Waals surface area contributed by atoms with Crippen molar-refractivity contribution in [1.29, 1.82) is 0 Å². The molecule has 2 nitrogen and oxygen atoms in total. The Kier molecular flexibility index (Phi) is 5.26. The van der Waals surface area contributed by atoms with E-state index < -0.39 is 0 Å². The lowest BCUT2D eigenvalue weighted by Gasteiger charge is -2.42. The molecule has 2 heteroatoms. The lowest BCUT2D eigenvalue weighted by molar-refractivity contribution is -0.0266. The Morgan fingerprint density at radius 1 is 1.44 bits per heavy atom. The molecular formula is C14H28O2. The van der Waals surface area contributed by atoms with Crippen molar-refractivity contribution >= 4 is 0 Å². The highest BCUT2D eigenvalue weighted by Gasteiger charge is 2.38. The molecule has 0 aromatic rings. The van der Waals surface area contributed by atoms with Gasteiger partial charge >= 0.3 is 0 Å². The maximum atomic E-state index is 10.2. The summed E-state index contributed by atoms with van der Waals surface area (Å²) >= 11 is 0. The summed E-state index contributed by atoms with van der Waals surface area (Å²) in [4.78, 5) is 0. The Morgan fingerprint density at radius 2 is 2.12 bits per heavy atom. The molecule has 0 aromatic carbocycles. The van der Waals surface area contributed by atoms with Crippen molar-refractivity contribution in [1.82, 2.24) is 0 Å². The number of hydrogen-bond donors (Lipinski definition) is 2. The zero-order chi connectivity index (χ0) is 12.2. The maximum absolute atomic E-state index is 10.2. The first-order chi connectivity index (χ1) is 7.52. The first-order valence-corrected chi connectivity index (χ1v) is 6.81. The second-order valence-electron chi connectivity index (χ2n) is 6.05. The van der Waals surface area contributed by atoms with Gasteiger partial charge in [-0.05, 0) is 42.9 Å². The van der Waals surface area contributed by atoms with Crippen molar-refractivity contribution in [3.05, 3.63) is 0 Å². The van der Waals surface area contributed by atoms with Gasteiger partial charge in [0.1, 0.15) is 0 Å². The Labute approximate surface area is 100 Å². The number of aliphatic hydroxyl groups excluding tert-OH is 2. The summed E-state index contributed by atoms with van der Waals surface area (Å²) < 4.78 is 0. The molecule has 4 atom stereocenters. The van der Waals surface area contributed by atoms with Crippen molar-refractivity contribution in [2.24, 2.45) is 17.3 Å². The Morgan fingerprint density at radius 3 is 2.62 bits per heavy atom. The minimum atomic E-state index is -0.210.